The first-order chi connectivity index (χ1) is 13.4. The van der Waals surface area contributed by atoms with Crippen LogP contribution in [0.3, 0.4) is 0 Å². The number of carbonyl (C=O) groups is 1. The third kappa shape index (κ3) is 4.54. The van der Waals surface area contributed by atoms with Crippen LogP contribution in [-0.4, -0.2) is 38.8 Å². The molecule has 1 aliphatic rings. The van der Waals surface area contributed by atoms with Crippen molar-refractivity contribution in [3.05, 3.63) is 53.6 Å². The molecule has 1 heterocycles. The van der Waals surface area contributed by atoms with Crippen molar-refractivity contribution in [3.63, 3.8) is 0 Å². The number of methoxy groups -OCH3 is 1. The number of anilines is 1. The number of nitrogens with zero attached hydrogens (tertiary/aromatic N) is 1. The highest BCUT2D eigenvalue weighted by Gasteiger charge is 2.27. The van der Waals surface area contributed by atoms with Gasteiger partial charge in [0.15, 0.2) is 0 Å². The Kier molecular flexibility index (Phi) is 6.36. The van der Waals surface area contributed by atoms with Crippen molar-refractivity contribution in [2.75, 3.05) is 25.5 Å². The van der Waals surface area contributed by atoms with Crippen LogP contribution < -0.4 is 10.1 Å². The average Bonchev–Trinajstić information content (AvgIpc) is 2.99. The Hall–Kier alpha value is -2.38. The Bertz CT molecular complexity index is 931. The summed E-state index contributed by atoms with van der Waals surface area (Å²) >= 11 is 0. The summed E-state index contributed by atoms with van der Waals surface area (Å²) in [5, 5.41) is 2.80. The van der Waals surface area contributed by atoms with Crippen molar-refractivity contribution in [3.8, 4) is 5.75 Å². The van der Waals surface area contributed by atoms with Crippen molar-refractivity contribution in [1.82, 2.24) is 4.31 Å². The maximum atomic E-state index is 13.1. The lowest BCUT2D eigenvalue weighted by Gasteiger charge is -2.20. The molecule has 0 unspecified atom stereocenters. The number of hydrogen-bond acceptors (Lipinski definition) is 4. The van der Waals surface area contributed by atoms with Crippen LogP contribution in [0.4, 0.5) is 5.69 Å². The highest BCUT2D eigenvalue weighted by Crippen LogP contribution is 2.27. The molecule has 28 heavy (non-hydrogen) atoms. The second-order valence-corrected chi connectivity index (χ2v) is 8.94. The van der Waals surface area contributed by atoms with Crippen molar-refractivity contribution >= 4 is 21.6 Å². The van der Waals surface area contributed by atoms with Gasteiger partial charge in [0.05, 0.1) is 17.6 Å². The van der Waals surface area contributed by atoms with Crippen LogP contribution in [0.2, 0.25) is 0 Å². The van der Waals surface area contributed by atoms with E-state index in [1.54, 1.807) is 12.1 Å². The van der Waals surface area contributed by atoms with Gasteiger partial charge in [0.25, 0.3) is 5.91 Å². The summed E-state index contributed by atoms with van der Waals surface area (Å²) < 4.78 is 32.9. The second kappa shape index (κ2) is 8.75. The van der Waals surface area contributed by atoms with E-state index in [9.17, 15) is 13.2 Å². The highest BCUT2D eigenvalue weighted by atomic mass is 32.2. The molecule has 0 radical (unpaired) electrons. The van der Waals surface area contributed by atoms with E-state index >= 15 is 0 Å². The third-order valence-corrected chi connectivity index (χ3v) is 6.82. The van der Waals surface area contributed by atoms with E-state index in [4.69, 9.17) is 4.74 Å². The van der Waals surface area contributed by atoms with Crippen LogP contribution in [0, 0.1) is 6.92 Å². The molecule has 150 valence electrons. The van der Waals surface area contributed by atoms with Gasteiger partial charge in [0.2, 0.25) is 10.0 Å². The molecule has 6 nitrogen and oxygen atoms in total. The minimum atomic E-state index is -3.65. The van der Waals surface area contributed by atoms with Crippen molar-refractivity contribution < 1.29 is 17.9 Å². The van der Waals surface area contributed by atoms with Gasteiger partial charge in [-0.1, -0.05) is 30.5 Å². The average molecular weight is 403 g/mol. The van der Waals surface area contributed by atoms with Gasteiger partial charge in [-0.25, -0.2) is 8.42 Å². The first kappa shape index (κ1) is 20.4. The van der Waals surface area contributed by atoms with E-state index in [2.05, 4.69) is 5.32 Å². The molecule has 1 aliphatic heterocycles. The van der Waals surface area contributed by atoms with E-state index < -0.39 is 15.9 Å². The van der Waals surface area contributed by atoms with E-state index in [0.717, 1.165) is 31.2 Å². The first-order valence-corrected chi connectivity index (χ1v) is 10.9. The third-order valence-electron chi connectivity index (χ3n) is 4.93. The fourth-order valence-corrected chi connectivity index (χ4v) is 4.84. The van der Waals surface area contributed by atoms with Crippen LogP contribution in [0.25, 0.3) is 0 Å². The number of nitrogens with one attached hydrogen (secondary N) is 1. The van der Waals surface area contributed by atoms with Crippen LogP contribution >= 0.6 is 0 Å². The fourth-order valence-electron chi connectivity index (χ4n) is 3.29. The minimum absolute atomic E-state index is 0.115. The molecule has 0 aromatic heterocycles. The molecule has 0 bridgehead atoms. The smallest absolute Gasteiger partial charge is 0.259 e. The van der Waals surface area contributed by atoms with Crippen LogP contribution in [0.5, 0.6) is 5.75 Å². The fraction of sp³-hybridized carbons (Fsp3) is 0.381. The van der Waals surface area contributed by atoms with Crippen molar-refractivity contribution in [1.29, 1.82) is 0 Å². The number of benzene rings is 2. The molecule has 1 saturated heterocycles. The van der Waals surface area contributed by atoms with Gasteiger partial charge in [-0.15, -0.1) is 0 Å². The summed E-state index contributed by atoms with van der Waals surface area (Å²) in [6, 6.07) is 11.8. The Morgan fingerprint density at radius 3 is 2.25 bits per heavy atom. The maximum absolute atomic E-state index is 13.1. The minimum Gasteiger partial charge on any atom is -0.496 e. The first-order valence-electron chi connectivity index (χ1n) is 9.48. The summed E-state index contributed by atoms with van der Waals surface area (Å²) in [5.74, 6) is -0.0759. The normalized spacial score (nSPS) is 15.6. The zero-order valence-corrected chi connectivity index (χ0v) is 17.1. The lowest BCUT2D eigenvalue weighted by molar-refractivity contribution is 0.102. The number of rotatable bonds is 5. The Morgan fingerprint density at radius 2 is 1.64 bits per heavy atom. The summed E-state index contributed by atoms with van der Waals surface area (Å²) in [7, 11) is -2.19. The molecule has 1 fully saturated rings. The quantitative estimate of drug-likeness (QED) is 0.825. The summed E-state index contributed by atoms with van der Waals surface area (Å²) in [6.07, 6.45) is 3.80. The molecule has 1 amide bonds. The Labute approximate surface area is 166 Å². The molecule has 2 aromatic carbocycles. The molecular weight excluding hydrogens is 376 g/mol. The molecule has 0 saturated carbocycles. The SMILES string of the molecule is COc1ccc(S(=O)(=O)N2CCCCCC2)cc1C(=O)Nc1ccc(C)cc1. The predicted molar refractivity (Wildman–Crippen MR) is 109 cm³/mol. The predicted octanol–water partition coefficient (Wildman–Crippen LogP) is 3.82. The summed E-state index contributed by atoms with van der Waals surface area (Å²) in [4.78, 5) is 12.9. The van der Waals surface area contributed by atoms with E-state index in [0.29, 0.717) is 24.5 Å². The number of aryl methyl sites for hydroxylation is 1. The molecule has 2 aromatic rings. The standard InChI is InChI=1S/C21H26N2O4S/c1-16-7-9-17(10-8-16)22-21(24)19-15-18(11-12-20(19)27-2)28(25,26)23-13-5-3-4-6-14-23/h7-12,15H,3-6,13-14H2,1-2H3,(H,22,24). The topological polar surface area (TPSA) is 75.7 Å². The number of carbonyl (C=O) groups excluding carboxylic acids is 1. The highest BCUT2D eigenvalue weighted by molar-refractivity contribution is 7.89. The van der Waals surface area contributed by atoms with Crippen LogP contribution in [0.15, 0.2) is 47.4 Å². The monoisotopic (exact) mass is 402 g/mol. The maximum Gasteiger partial charge on any atom is 0.259 e. The number of amides is 1. The summed E-state index contributed by atoms with van der Waals surface area (Å²) in [5.41, 5.74) is 1.92. The molecule has 0 atom stereocenters. The van der Waals surface area contributed by atoms with E-state index in [1.807, 2.05) is 19.1 Å². The zero-order valence-electron chi connectivity index (χ0n) is 16.3. The van der Waals surface area contributed by atoms with Gasteiger partial charge < -0.3 is 10.1 Å². The number of ether oxygens (including phenoxy) is 1. The molecule has 1 N–H and O–H groups in total. The molecule has 7 heteroatoms. The summed E-state index contributed by atoms with van der Waals surface area (Å²) in [6.45, 7) is 2.99. The molecule has 0 aliphatic carbocycles. The van der Waals surface area contributed by atoms with Crippen LogP contribution in [-0.2, 0) is 10.0 Å². The molecular formula is C21H26N2O4S. The zero-order chi connectivity index (χ0) is 20.1. The van der Waals surface area contributed by atoms with Gasteiger partial charge >= 0.3 is 0 Å². The largest absolute Gasteiger partial charge is 0.496 e. The van der Waals surface area contributed by atoms with E-state index in [-0.39, 0.29) is 10.5 Å². The Morgan fingerprint density at radius 1 is 1.00 bits per heavy atom. The van der Waals surface area contributed by atoms with Gasteiger partial charge in [-0.3, -0.25) is 4.79 Å². The molecule has 0 spiro atoms. The lowest BCUT2D eigenvalue weighted by atomic mass is 10.1. The number of sulfonamides is 1. The second-order valence-electron chi connectivity index (χ2n) is 7.00. The van der Waals surface area contributed by atoms with Gasteiger partial charge in [-0.2, -0.15) is 4.31 Å². The van der Waals surface area contributed by atoms with Crippen molar-refractivity contribution in [2.45, 2.75) is 37.5 Å². The van der Waals surface area contributed by atoms with Gasteiger partial charge in [0, 0.05) is 18.8 Å². The number of hydrogen-bond donors (Lipinski definition) is 1. The van der Waals surface area contributed by atoms with Crippen LogP contribution in [0.1, 0.15) is 41.6 Å². The van der Waals surface area contributed by atoms with Gasteiger partial charge in [0.1, 0.15) is 5.75 Å². The van der Waals surface area contributed by atoms with E-state index in [1.165, 1.54) is 29.6 Å². The van der Waals surface area contributed by atoms with Crippen molar-refractivity contribution in [2.24, 2.45) is 0 Å². The lowest BCUT2D eigenvalue weighted by Crippen LogP contribution is -2.32. The van der Waals surface area contributed by atoms with Gasteiger partial charge in [-0.05, 0) is 50.1 Å². The Balaban J connectivity index is 1.90. The molecule has 3 rings (SSSR count).